The minimum atomic E-state index is -2.42. The van der Waals surface area contributed by atoms with Crippen molar-refractivity contribution in [3.8, 4) is 0 Å². The minimum absolute atomic E-state index is 0.155. The normalized spacial score (nSPS) is 12.8. The van der Waals surface area contributed by atoms with Crippen molar-refractivity contribution in [1.82, 2.24) is 0 Å². The molecule has 1 atom stereocenters. The molecule has 4 heteroatoms. The first kappa shape index (κ1) is 15.3. The summed E-state index contributed by atoms with van der Waals surface area (Å²) in [6, 6.07) is 0. The van der Waals surface area contributed by atoms with Crippen LogP contribution in [0.25, 0.3) is 0 Å². The molecule has 0 saturated heterocycles. The summed E-state index contributed by atoms with van der Waals surface area (Å²) in [5.74, 6) is -1.35. The number of carbonyl (C=O) groups is 1. The smallest absolute Gasteiger partial charge is 0.306 e. The monoisotopic (exact) mass is 236 g/mol. The van der Waals surface area contributed by atoms with E-state index in [9.17, 15) is 13.6 Å². The number of unbranched alkanes of at least 4 members (excludes halogenated alkanes) is 3. The maximum Gasteiger partial charge on any atom is 0.306 e. The summed E-state index contributed by atoms with van der Waals surface area (Å²) in [7, 11) is 0. The Labute approximate surface area is 96.4 Å². The second-order valence-corrected chi connectivity index (χ2v) is 3.95. The fourth-order valence-electron chi connectivity index (χ4n) is 1.58. The van der Waals surface area contributed by atoms with Gasteiger partial charge in [-0.2, -0.15) is 0 Å². The highest BCUT2D eigenvalue weighted by molar-refractivity contribution is 5.69. The summed E-state index contributed by atoms with van der Waals surface area (Å²) in [4.78, 5) is 11.1. The highest BCUT2D eigenvalue weighted by Gasteiger charge is 2.23. The lowest BCUT2D eigenvalue weighted by atomic mass is 9.98. The minimum Gasteiger partial charge on any atom is -0.466 e. The van der Waals surface area contributed by atoms with Crippen LogP contribution in [-0.4, -0.2) is 19.0 Å². The van der Waals surface area contributed by atoms with Gasteiger partial charge in [0.1, 0.15) is 0 Å². The van der Waals surface area contributed by atoms with Gasteiger partial charge in [-0.25, -0.2) is 8.78 Å². The summed E-state index contributed by atoms with van der Waals surface area (Å²) in [5.41, 5.74) is 0. The third kappa shape index (κ3) is 7.60. The van der Waals surface area contributed by atoms with E-state index in [1.807, 2.05) is 0 Å². The second kappa shape index (κ2) is 9.55. The number of ether oxygens (including phenoxy) is 1. The molecule has 0 spiro atoms. The summed E-state index contributed by atoms with van der Waals surface area (Å²) in [6.07, 6.45) is 1.71. The van der Waals surface area contributed by atoms with Gasteiger partial charge in [0.2, 0.25) is 6.43 Å². The first-order chi connectivity index (χ1) is 7.61. The summed E-state index contributed by atoms with van der Waals surface area (Å²) in [6.45, 7) is 4.00. The highest BCUT2D eigenvalue weighted by Crippen LogP contribution is 2.22. The lowest BCUT2D eigenvalue weighted by molar-refractivity contribution is -0.145. The molecule has 0 fully saturated rings. The molecule has 0 unspecified atom stereocenters. The zero-order chi connectivity index (χ0) is 12.4. The Hall–Kier alpha value is -0.670. The molecule has 0 saturated carbocycles. The van der Waals surface area contributed by atoms with E-state index in [1.54, 1.807) is 6.92 Å². The summed E-state index contributed by atoms with van der Waals surface area (Å²) in [5, 5.41) is 0. The van der Waals surface area contributed by atoms with Gasteiger partial charge in [0, 0.05) is 5.92 Å². The largest absolute Gasteiger partial charge is 0.466 e. The molecule has 0 N–H and O–H groups in total. The number of hydrogen-bond acceptors (Lipinski definition) is 2. The SMILES string of the molecule is CCCCCC[C@H](CC(=O)OCC)C(F)F. The van der Waals surface area contributed by atoms with Crippen LogP contribution in [0.2, 0.25) is 0 Å². The molecule has 0 amide bonds. The van der Waals surface area contributed by atoms with Crippen molar-refractivity contribution in [2.45, 2.75) is 58.8 Å². The molecule has 2 nitrogen and oxygen atoms in total. The van der Waals surface area contributed by atoms with Crippen molar-refractivity contribution in [2.24, 2.45) is 5.92 Å². The van der Waals surface area contributed by atoms with Gasteiger partial charge in [-0.15, -0.1) is 0 Å². The Bertz CT molecular complexity index is 184. The lowest BCUT2D eigenvalue weighted by Crippen LogP contribution is -2.18. The van der Waals surface area contributed by atoms with Crippen molar-refractivity contribution < 1.29 is 18.3 Å². The molecular weight excluding hydrogens is 214 g/mol. The van der Waals surface area contributed by atoms with Gasteiger partial charge in [0.15, 0.2) is 0 Å². The van der Waals surface area contributed by atoms with Gasteiger partial charge in [-0.3, -0.25) is 4.79 Å². The van der Waals surface area contributed by atoms with Crippen LogP contribution < -0.4 is 0 Å². The van der Waals surface area contributed by atoms with Crippen molar-refractivity contribution in [3.63, 3.8) is 0 Å². The maximum absolute atomic E-state index is 12.6. The van der Waals surface area contributed by atoms with E-state index in [2.05, 4.69) is 11.7 Å². The van der Waals surface area contributed by atoms with E-state index in [1.165, 1.54) is 0 Å². The Morgan fingerprint density at radius 3 is 2.38 bits per heavy atom. The Balaban J connectivity index is 3.83. The Kier molecular flexibility index (Phi) is 9.15. The maximum atomic E-state index is 12.6. The quantitative estimate of drug-likeness (QED) is 0.449. The van der Waals surface area contributed by atoms with Gasteiger partial charge < -0.3 is 4.74 Å². The fourth-order valence-corrected chi connectivity index (χ4v) is 1.58. The number of halogens is 2. The van der Waals surface area contributed by atoms with Crippen LogP contribution >= 0.6 is 0 Å². The molecule has 0 heterocycles. The van der Waals surface area contributed by atoms with Gasteiger partial charge in [-0.1, -0.05) is 32.6 Å². The van der Waals surface area contributed by atoms with Crippen LogP contribution in [-0.2, 0) is 9.53 Å². The van der Waals surface area contributed by atoms with Crippen molar-refractivity contribution >= 4 is 5.97 Å². The molecule has 0 aliphatic heterocycles. The van der Waals surface area contributed by atoms with E-state index in [-0.39, 0.29) is 13.0 Å². The highest BCUT2D eigenvalue weighted by atomic mass is 19.3. The molecule has 0 rings (SSSR count). The number of esters is 1. The number of carbonyl (C=O) groups excluding carboxylic acids is 1. The predicted octanol–water partition coefficient (Wildman–Crippen LogP) is 3.79. The van der Waals surface area contributed by atoms with E-state index < -0.39 is 18.3 Å². The summed E-state index contributed by atoms with van der Waals surface area (Å²) < 4.78 is 29.9. The van der Waals surface area contributed by atoms with Crippen molar-refractivity contribution in [2.75, 3.05) is 6.61 Å². The van der Waals surface area contributed by atoms with Crippen LogP contribution in [0.5, 0.6) is 0 Å². The zero-order valence-electron chi connectivity index (χ0n) is 10.2. The second-order valence-electron chi connectivity index (χ2n) is 3.95. The number of alkyl halides is 2. The molecule has 0 aromatic rings. The molecule has 0 aromatic heterocycles. The molecule has 0 aromatic carbocycles. The lowest BCUT2D eigenvalue weighted by Gasteiger charge is -2.14. The first-order valence-electron chi connectivity index (χ1n) is 6.05. The third-order valence-electron chi connectivity index (χ3n) is 2.52. The van der Waals surface area contributed by atoms with E-state index >= 15 is 0 Å². The summed E-state index contributed by atoms with van der Waals surface area (Å²) >= 11 is 0. The average Bonchev–Trinajstić information content (AvgIpc) is 2.22. The topological polar surface area (TPSA) is 26.3 Å². The van der Waals surface area contributed by atoms with Gasteiger partial charge in [-0.05, 0) is 13.3 Å². The van der Waals surface area contributed by atoms with Gasteiger partial charge >= 0.3 is 5.97 Å². The third-order valence-corrected chi connectivity index (χ3v) is 2.52. The number of rotatable bonds is 9. The Morgan fingerprint density at radius 2 is 1.88 bits per heavy atom. The molecule has 0 radical (unpaired) electrons. The Morgan fingerprint density at radius 1 is 1.19 bits per heavy atom. The van der Waals surface area contributed by atoms with Gasteiger partial charge in [0.05, 0.1) is 13.0 Å². The van der Waals surface area contributed by atoms with Crippen LogP contribution in [0.15, 0.2) is 0 Å². The predicted molar refractivity (Wildman–Crippen MR) is 59.5 cm³/mol. The van der Waals surface area contributed by atoms with E-state index in [0.29, 0.717) is 6.42 Å². The van der Waals surface area contributed by atoms with Crippen molar-refractivity contribution in [3.05, 3.63) is 0 Å². The first-order valence-corrected chi connectivity index (χ1v) is 6.05. The van der Waals surface area contributed by atoms with Crippen LogP contribution in [0.3, 0.4) is 0 Å². The molecular formula is C12H22F2O2. The molecule has 96 valence electrons. The van der Waals surface area contributed by atoms with Crippen molar-refractivity contribution in [1.29, 1.82) is 0 Å². The molecule has 0 bridgehead atoms. The van der Waals surface area contributed by atoms with Crippen LogP contribution in [0.4, 0.5) is 8.78 Å². The van der Waals surface area contributed by atoms with Crippen LogP contribution in [0, 0.1) is 5.92 Å². The molecule has 0 aliphatic rings. The zero-order valence-corrected chi connectivity index (χ0v) is 10.2. The van der Waals surface area contributed by atoms with Crippen LogP contribution in [0.1, 0.15) is 52.4 Å². The molecule has 16 heavy (non-hydrogen) atoms. The standard InChI is InChI=1S/C12H22F2O2/c1-3-5-6-7-8-10(12(13)14)9-11(15)16-4-2/h10,12H,3-9H2,1-2H3/t10-/m1/s1. The van der Waals surface area contributed by atoms with Gasteiger partial charge in [0.25, 0.3) is 0 Å². The average molecular weight is 236 g/mol. The molecule has 0 aliphatic carbocycles. The van der Waals surface area contributed by atoms with E-state index in [4.69, 9.17) is 0 Å². The van der Waals surface area contributed by atoms with E-state index in [0.717, 1.165) is 25.7 Å². The fraction of sp³-hybridized carbons (Fsp3) is 0.917. The number of hydrogen-bond donors (Lipinski definition) is 0.